The Morgan fingerprint density at radius 3 is 2.28 bits per heavy atom. The van der Waals surface area contributed by atoms with Crippen molar-refractivity contribution in [3.05, 3.63) is 28.8 Å². The van der Waals surface area contributed by atoms with Gasteiger partial charge in [0.1, 0.15) is 0 Å². The van der Waals surface area contributed by atoms with Crippen molar-refractivity contribution in [2.24, 2.45) is 5.14 Å². The van der Waals surface area contributed by atoms with E-state index in [-0.39, 0.29) is 10.8 Å². The first kappa shape index (κ1) is 14.7. The van der Waals surface area contributed by atoms with Crippen LogP contribution in [0.3, 0.4) is 0 Å². The molecule has 1 aromatic rings. The van der Waals surface area contributed by atoms with Crippen LogP contribution in [-0.4, -0.2) is 32.8 Å². The van der Waals surface area contributed by atoms with Gasteiger partial charge in [-0.25, -0.2) is 13.6 Å². The number of primary sulfonamides is 1. The number of rotatable bonds is 3. The van der Waals surface area contributed by atoms with Crippen LogP contribution in [0, 0.1) is 13.8 Å². The van der Waals surface area contributed by atoms with E-state index in [1.165, 1.54) is 11.0 Å². The number of hydrogen-bond donors (Lipinski definition) is 1. The maximum Gasteiger partial charge on any atom is 0.253 e. The van der Waals surface area contributed by atoms with Crippen LogP contribution in [0.5, 0.6) is 0 Å². The molecule has 0 aliphatic carbocycles. The summed E-state index contributed by atoms with van der Waals surface area (Å²) in [4.78, 5) is 13.6. The molecule has 0 aliphatic rings. The third kappa shape index (κ3) is 2.88. The molecular weight excluding hydrogens is 252 g/mol. The molecule has 0 radical (unpaired) electrons. The lowest BCUT2D eigenvalue weighted by molar-refractivity contribution is 0.0801. The predicted octanol–water partition coefficient (Wildman–Crippen LogP) is 1.04. The summed E-state index contributed by atoms with van der Waals surface area (Å²) in [5.74, 6) is -0.208. The van der Waals surface area contributed by atoms with Crippen molar-refractivity contribution in [1.82, 2.24) is 4.90 Å². The van der Waals surface area contributed by atoms with E-state index in [0.29, 0.717) is 17.7 Å². The van der Waals surface area contributed by atoms with E-state index in [1.54, 1.807) is 27.0 Å². The summed E-state index contributed by atoms with van der Waals surface area (Å²) >= 11 is 0. The number of aryl methyl sites for hydroxylation is 2. The Hall–Kier alpha value is -1.40. The molecule has 0 spiro atoms. The second-order valence-electron chi connectivity index (χ2n) is 4.30. The van der Waals surface area contributed by atoms with Crippen LogP contribution in [0.4, 0.5) is 0 Å². The second-order valence-corrected chi connectivity index (χ2v) is 5.83. The highest BCUT2D eigenvalue weighted by Crippen LogP contribution is 2.20. The average Bonchev–Trinajstić information content (AvgIpc) is 2.25. The largest absolute Gasteiger partial charge is 0.342 e. The minimum absolute atomic E-state index is 0.000882. The van der Waals surface area contributed by atoms with Crippen LogP contribution < -0.4 is 5.14 Å². The SMILES string of the molecule is CCN(C)C(=O)c1cc(S(N)(=O)=O)c(C)cc1C. The van der Waals surface area contributed by atoms with Gasteiger partial charge in [-0.1, -0.05) is 6.07 Å². The third-order valence-corrected chi connectivity index (χ3v) is 3.93. The van der Waals surface area contributed by atoms with Gasteiger partial charge in [-0.15, -0.1) is 0 Å². The quantitative estimate of drug-likeness (QED) is 0.891. The summed E-state index contributed by atoms with van der Waals surface area (Å²) in [6, 6.07) is 3.02. The van der Waals surface area contributed by atoms with Crippen LogP contribution in [-0.2, 0) is 10.0 Å². The van der Waals surface area contributed by atoms with E-state index >= 15 is 0 Å². The van der Waals surface area contributed by atoms with Crippen molar-refractivity contribution < 1.29 is 13.2 Å². The van der Waals surface area contributed by atoms with Gasteiger partial charge in [0.05, 0.1) is 4.90 Å². The summed E-state index contributed by atoms with van der Waals surface area (Å²) in [6.07, 6.45) is 0. The molecule has 18 heavy (non-hydrogen) atoms. The van der Waals surface area contributed by atoms with Gasteiger partial charge in [-0.3, -0.25) is 4.79 Å². The Morgan fingerprint density at radius 1 is 1.28 bits per heavy atom. The van der Waals surface area contributed by atoms with Crippen LogP contribution in [0.2, 0.25) is 0 Å². The van der Waals surface area contributed by atoms with Crippen molar-refractivity contribution in [1.29, 1.82) is 0 Å². The summed E-state index contributed by atoms with van der Waals surface area (Å²) in [7, 11) is -2.14. The zero-order valence-corrected chi connectivity index (χ0v) is 11.8. The molecule has 0 saturated carbocycles. The first-order valence-corrected chi connectivity index (χ1v) is 7.12. The number of carbonyl (C=O) groups excluding carboxylic acids is 1. The van der Waals surface area contributed by atoms with Crippen LogP contribution in [0.25, 0.3) is 0 Å². The smallest absolute Gasteiger partial charge is 0.253 e. The van der Waals surface area contributed by atoms with Gasteiger partial charge in [0, 0.05) is 19.2 Å². The molecule has 0 heterocycles. The summed E-state index contributed by atoms with van der Waals surface area (Å²) < 4.78 is 22.9. The molecule has 2 N–H and O–H groups in total. The minimum atomic E-state index is -3.81. The number of nitrogens with two attached hydrogens (primary N) is 1. The van der Waals surface area contributed by atoms with Crippen molar-refractivity contribution in [3.63, 3.8) is 0 Å². The van der Waals surface area contributed by atoms with Crippen LogP contribution in [0.15, 0.2) is 17.0 Å². The molecular formula is C12H18N2O3S. The number of sulfonamides is 1. The van der Waals surface area contributed by atoms with Gasteiger partial charge in [0.15, 0.2) is 0 Å². The average molecular weight is 270 g/mol. The van der Waals surface area contributed by atoms with Crippen LogP contribution >= 0.6 is 0 Å². The molecule has 100 valence electrons. The Bertz CT molecular complexity index is 579. The molecule has 0 saturated heterocycles. The molecule has 0 bridgehead atoms. The summed E-state index contributed by atoms with van der Waals surface area (Å²) in [5, 5.41) is 5.13. The zero-order chi connectivity index (χ0) is 14.1. The van der Waals surface area contributed by atoms with Gasteiger partial charge in [-0.2, -0.15) is 0 Å². The highest BCUT2D eigenvalue weighted by molar-refractivity contribution is 7.89. The topological polar surface area (TPSA) is 80.5 Å². The van der Waals surface area contributed by atoms with E-state index in [9.17, 15) is 13.2 Å². The molecule has 0 fully saturated rings. The fourth-order valence-corrected chi connectivity index (χ4v) is 2.51. The number of amides is 1. The fraction of sp³-hybridized carbons (Fsp3) is 0.417. The lowest BCUT2D eigenvalue weighted by atomic mass is 10.0. The van der Waals surface area contributed by atoms with E-state index in [4.69, 9.17) is 5.14 Å². The Labute approximate surface area is 108 Å². The zero-order valence-electron chi connectivity index (χ0n) is 11.0. The number of carbonyl (C=O) groups is 1. The number of benzene rings is 1. The van der Waals surface area contributed by atoms with E-state index in [2.05, 4.69) is 0 Å². The lowest BCUT2D eigenvalue weighted by Gasteiger charge is -2.17. The van der Waals surface area contributed by atoms with E-state index in [0.717, 1.165) is 5.56 Å². The fourth-order valence-electron chi connectivity index (χ4n) is 1.72. The summed E-state index contributed by atoms with van der Waals surface area (Å²) in [6.45, 7) is 5.83. The van der Waals surface area contributed by atoms with E-state index < -0.39 is 10.0 Å². The number of hydrogen-bond acceptors (Lipinski definition) is 3. The van der Waals surface area contributed by atoms with Crippen molar-refractivity contribution in [3.8, 4) is 0 Å². The van der Waals surface area contributed by atoms with Crippen molar-refractivity contribution in [2.75, 3.05) is 13.6 Å². The Morgan fingerprint density at radius 2 is 1.83 bits per heavy atom. The minimum Gasteiger partial charge on any atom is -0.342 e. The normalized spacial score (nSPS) is 11.4. The first-order chi connectivity index (χ1) is 8.18. The van der Waals surface area contributed by atoms with Gasteiger partial charge in [0.2, 0.25) is 10.0 Å². The highest BCUT2D eigenvalue weighted by Gasteiger charge is 2.19. The molecule has 0 aliphatic heterocycles. The summed E-state index contributed by atoms with van der Waals surface area (Å²) in [5.41, 5.74) is 1.66. The van der Waals surface area contributed by atoms with Crippen LogP contribution in [0.1, 0.15) is 28.4 Å². The van der Waals surface area contributed by atoms with Crippen molar-refractivity contribution in [2.45, 2.75) is 25.7 Å². The number of nitrogens with zero attached hydrogens (tertiary/aromatic N) is 1. The lowest BCUT2D eigenvalue weighted by Crippen LogP contribution is -2.27. The molecule has 1 rings (SSSR count). The molecule has 0 unspecified atom stereocenters. The monoisotopic (exact) mass is 270 g/mol. The Balaban J connectivity index is 3.44. The predicted molar refractivity (Wildman–Crippen MR) is 69.9 cm³/mol. The maximum absolute atomic E-state index is 12.1. The third-order valence-electron chi connectivity index (χ3n) is 2.88. The van der Waals surface area contributed by atoms with Gasteiger partial charge in [0.25, 0.3) is 5.91 Å². The standard InChI is InChI=1S/C12H18N2O3S/c1-5-14(4)12(15)10-7-11(18(13,16)17)9(3)6-8(10)2/h6-7H,5H2,1-4H3,(H2,13,16,17). The molecule has 5 nitrogen and oxygen atoms in total. The molecule has 6 heteroatoms. The molecule has 1 aromatic carbocycles. The van der Waals surface area contributed by atoms with Gasteiger partial charge >= 0.3 is 0 Å². The molecule has 0 atom stereocenters. The highest BCUT2D eigenvalue weighted by atomic mass is 32.2. The van der Waals surface area contributed by atoms with Crippen molar-refractivity contribution >= 4 is 15.9 Å². The Kier molecular flexibility index (Phi) is 4.13. The molecule has 0 aromatic heterocycles. The second kappa shape index (κ2) is 5.07. The maximum atomic E-state index is 12.1. The van der Waals surface area contributed by atoms with E-state index in [1.807, 2.05) is 6.92 Å². The first-order valence-electron chi connectivity index (χ1n) is 5.58. The van der Waals surface area contributed by atoms with Gasteiger partial charge in [-0.05, 0) is 38.0 Å². The van der Waals surface area contributed by atoms with Gasteiger partial charge < -0.3 is 4.90 Å². The molecule has 1 amide bonds.